The summed E-state index contributed by atoms with van der Waals surface area (Å²) in [5.74, 6) is 0. The smallest absolute Gasteiger partial charge is 0.135 e. The predicted molar refractivity (Wildman–Crippen MR) is 246 cm³/mol. The molecule has 0 atom stereocenters. The van der Waals surface area contributed by atoms with Crippen LogP contribution in [-0.4, -0.2) is 0 Å². The van der Waals surface area contributed by atoms with Crippen LogP contribution in [0.15, 0.2) is 229 Å². The van der Waals surface area contributed by atoms with E-state index < -0.39 is 5.41 Å². The third-order valence-electron chi connectivity index (χ3n) is 12.5. The Hall–Kier alpha value is -7.68. The van der Waals surface area contributed by atoms with Crippen LogP contribution in [0.5, 0.6) is 0 Å². The van der Waals surface area contributed by atoms with Crippen molar-refractivity contribution >= 4 is 60.5 Å². The van der Waals surface area contributed by atoms with Gasteiger partial charge in [0.15, 0.2) is 0 Å². The lowest BCUT2D eigenvalue weighted by molar-refractivity contribution is 0.663. The van der Waals surface area contributed by atoms with E-state index in [9.17, 15) is 0 Å². The Bertz CT molecular complexity index is 3190. The lowest BCUT2D eigenvalue weighted by Gasteiger charge is -2.35. The summed E-state index contributed by atoms with van der Waals surface area (Å²) in [6.45, 7) is 0. The van der Waals surface area contributed by atoms with E-state index in [1.54, 1.807) is 0 Å². The number of nitrogens with zero attached hydrogens (tertiary/aromatic N) is 1. The van der Waals surface area contributed by atoms with Crippen molar-refractivity contribution < 1.29 is 4.42 Å². The van der Waals surface area contributed by atoms with Gasteiger partial charge in [-0.2, -0.15) is 0 Å². The minimum Gasteiger partial charge on any atom is -0.456 e. The maximum Gasteiger partial charge on any atom is 0.135 e. The number of furan rings is 1. The van der Waals surface area contributed by atoms with E-state index >= 15 is 0 Å². The average molecular weight is 752 g/mol. The molecule has 0 aliphatic heterocycles. The maximum atomic E-state index is 6.44. The van der Waals surface area contributed by atoms with Crippen LogP contribution in [-0.2, 0) is 5.41 Å². The predicted octanol–water partition coefficient (Wildman–Crippen LogP) is 15.4. The van der Waals surface area contributed by atoms with Crippen molar-refractivity contribution in [3.63, 3.8) is 0 Å². The van der Waals surface area contributed by atoms with Gasteiger partial charge in [0.2, 0.25) is 0 Å². The summed E-state index contributed by atoms with van der Waals surface area (Å²) in [4.78, 5) is 2.40. The van der Waals surface area contributed by atoms with Crippen LogP contribution < -0.4 is 4.90 Å². The topological polar surface area (TPSA) is 16.4 Å². The van der Waals surface area contributed by atoms with Gasteiger partial charge in [-0.1, -0.05) is 176 Å². The van der Waals surface area contributed by atoms with Crippen molar-refractivity contribution in [3.05, 3.63) is 247 Å². The Balaban J connectivity index is 1.05. The quantitative estimate of drug-likeness (QED) is 0.161. The molecule has 0 radical (unpaired) electrons. The standard InChI is InChI=1S/C57H37NO/c1-2-17-42(18-3-1)57(51-25-11-27-53-55(51)56-52(57)26-12-28-54(56)59-53)43-19-10-20-46(37-43)58(44-33-29-40(30-34-44)49-23-8-15-38-13-4-6-21-47(38)49)45-35-31-41(32-36-45)50-24-9-16-39-14-5-7-22-48(39)50/h1-37H. The van der Waals surface area contributed by atoms with Gasteiger partial charge >= 0.3 is 0 Å². The number of hydrogen-bond acceptors (Lipinski definition) is 2. The average Bonchev–Trinajstić information content (AvgIpc) is 3.85. The number of benzene rings is 10. The second-order valence-corrected chi connectivity index (χ2v) is 15.6. The highest BCUT2D eigenvalue weighted by molar-refractivity contribution is 6.14. The molecule has 0 fully saturated rings. The van der Waals surface area contributed by atoms with E-state index in [1.807, 2.05) is 0 Å². The van der Waals surface area contributed by atoms with Gasteiger partial charge in [-0.3, -0.25) is 0 Å². The van der Waals surface area contributed by atoms with Crippen molar-refractivity contribution in [2.45, 2.75) is 5.41 Å². The molecule has 0 saturated carbocycles. The van der Waals surface area contributed by atoms with Crippen molar-refractivity contribution in [2.75, 3.05) is 4.90 Å². The fourth-order valence-corrected chi connectivity index (χ4v) is 9.97. The molecule has 59 heavy (non-hydrogen) atoms. The van der Waals surface area contributed by atoms with Crippen LogP contribution in [0, 0.1) is 0 Å². The van der Waals surface area contributed by atoms with Gasteiger partial charge in [0.25, 0.3) is 0 Å². The monoisotopic (exact) mass is 751 g/mol. The van der Waals surface area contributed by atoms with Crippen molar-refractivity contribution in [1.29, 1.82) is 0 Å². The molecule has 0 N–H and O–H groups in total. The molecule has 0 bridgehead atoms. The van der Waals surface area contributed by atoms with Gasteiger partial charge in [-0.25, -0.2) is 0 Å². The third-order valence-corrected chi connectivity index (χ3v) is 12.5. The molecule has 11 aromatic rings. The minimum atomic E-state index is -0.542. The van der Waals surface area contributed by atoms with Gasteiger partial charge < -0.3 is 9.32 Å². The molecule has 12 rings (SSSR count). The molecule has 0 unspecified atom stereocenters. The Morgan fingerprint density at radius 3 is 1.36 bits per heavy atom. The number of hydrogen-bond donors (Lipinski definition) is 0. The van der Waals surface area contributed by atoms with Gasteiger partial charge in [-0.15, -0.1) is 0 Å². The molecule has 0 spiro atoms. The first-order chi connectivity index (χ1) is 29.3. The molecule has 1 aromatic heterocycles. The molecule has 2 nitrogen and oxygen atoms in total. The Morgan fingerprint density at radius 2 is 0.797 bits per heavy atom. The molecular formula is C57H37NO. The lowest BCUT2D eigenvalue weighted by Crippen LogP contribution is -2.29. The van der Waals surface area contributed by atoms with Crippen LogP contribution >= 0.6 is 0 Å². The van der Waals surface area contributed by atoms with Crippen molar-refractivity contribution in [2.24, 2.45) is 0 Å². The fourth-order valence-electron chi connectivity index (χ4n) is 9.97. The number of fused-ring (bicyclic) bond motifs is 2. The molecular weight excluding hydrogens is 715 g/mol. The largest absolute Gasteiger partial charge is 0.456 e. The fraction of sp³-hybridized carbons (Fsp3) is 0.0175. The summed E-state index contributed by atoms with van der Waals surface area (Å²) in [5.41, 5.74) is 14.4. The van der Waals surface area contributed by atoms with E-state index in [1.165, 1.54) is 76.8 Å². The maximum absolute atomic E-state index is 6.44. The zero-order chi connectivity index (χ0) is 38.9. The number of anilines is 3. The van der Waals surface area contributed by atoms with Crippen LogP contribution in [0.1, 0.15) is 22.3 Å². The highest BCUT2D eigenvalue weighted by Gasteiger charge is 2.46. The lowest BCUT2D eigenvalue weighted by atomic mass is 9.67. The van der Waals surface area contributed by atoms with Crippen LogP contribution in [0.3, 0.4) is 0 Å². The molecule has 1 aliphatic carbocycles. The van der Waals surface area contributed by atoms with E-state index in [2.05, 4.69) is 229 Å². The summed E-state index contributed by atoms with van der Waals surface area (Å²) in [6.07, 6.45) is 0. The first-order valence-corrected chi connectivity index (χ1v) is 20.3. The van der Waals surface area contributed by atoms with Crippen LogP contribution in [0.2, 0.25) is 0 Å². The molecule has 276 valence electrons. The van der Waals surface area contributed by atoms with Gasteiger partial charge in [-0.05, 0) is 115 Å². The summed E-state index contributed by atoms with van der Waals surface area (Å²) in [5, 5.41) is 7.40. The van der Waals surface area contributed by atoms with Crippen molar-refractivity contribution in [1.82, 2.24) is 0 Å². The second-order valence-electron chi connectivity index (χ2n) is 15.6. The highest BCUT2D eigenvalue weighted by Crippen LogP contribution is 2.57. The number of rotatable bonds is 7. The first-order valence-electron chi connectivity index (χ1n) is 20.3. The van der Waals surface area contributed by atoms with E-state index in [-0.39, 0.29) is 0 Å². The summed E-state index contributed by atoms with van der Waals surface area (Å²) < 4.78 is 6.44. The van der Waals surface area contributed by atoms with Gasteiger partial charge in [0.1, 0.15) is 11.2 Å². The van der Waals surface area contributed by atoms with Crippen LogP contribution in [0.4, 0.5) is 17.1 Å². The second kappa shape index (κ2) is 13.2. The van der Waals surface area contributed by atoms with E-state index in [0.29, 0.717) is 0 Å². The van der Waals surface area contributed by atoms with Gasteiger partial charge in [0, 0.05) is 27.8 Å². The molecule has 2 heteroatoms. The zero-order valence-electron chi connectivity index (χ0n) is 32.2. The van der Waals surface area contributed by atoms with E-state index in [0.717, 1.165) is 28.2 Å². The van der Waals surface area contributed by atoms with Crippen LogP contribution in [0.25, 0.3) is 65.7 Å². The third kappa shape index (κ3) is 5.06. The Morgan fingerprint density at radius 1 is 0.339 bits per heavy atom. The Kier molecular flexibility index (Phi) is 7.48. The molecule has 0 saturated heterocycles. The molecule has 1 heterocycles. The van der Waals surface area contributed by atoms with Crippen molar-refractivity contribution in [3.8, 4) is 22.3 Å². The Labute approximate surface area is 342 Å². The summed E-state index contributed by atoms with van der Waals surface area (Å²) >= 11 is 0. The molecule has 0 amide bonds. The molecule has 10 aromatic carbocycles. The summed E-state index contributed by atoms with van der Waals surface area (Å²) in [7, 11) is 0. The van der Waals surface area contributed by atoms with E-state index in [4.69, 9.17) is 4.42 Å². The SMILES string of the molecule is c1ccc(C2(c3cccc(N(c4ccc(-c5cccc6ccccc56)cc4)c4ccc(-c5cccc6ccccc56)cc4)c3)c3cccc4oc5cccc2c5c34)cc1. The minimum absolute atomic E-state index is 0.542. The molecule has 1 aliphatic rings. The normalized spacial score (nSPS) is 12.9. The summed E-state index contributed by atoms with van der Waals surface area (Å²) in [6, 6.07) is 81.8. The zero-order valence-corrected chi connectivity index (χ0v) is 32.2. The van der Waals surface area contributed by atoms with Gasteiger partial charge in [0.05, 0.1) is 5.41 Å². The first kappa shape index (κ1) is 33.5. The highest BCUT2D eigenvalue weighted by atomic mass is 16.3.